The summed E-state index contributed by atoms with van der Waals surface area (Å²) in [6.07, 6.45) is 0. The van der Waals surface area contributed by atoms with Crippen LogP contribution in [0.1, 0.15) is 25.6 Å². The molecular weight excluding hydrogens is 370 g/mol. The Bertz CT molecular complexity index is 857. The van der Waals surface area contributed by atoms with Crippen molar-refractivity contribution in [1.82, 2.24) is 19.7 Å². The number of thioether (sulfide) groups is 1. The van der Waals surface area contributed by atoms with E-state index in [1.54, 1.807) is 7.11 Å². The summed E-state index contributed by atoms with van der Waals surface area (Å²) < 4.78 is 8.24. The third kappa shape index (κ3) is 4.40. The standard InChI is InChI=1S/C17H21N5O2S2/c1-11(2)15-20-21-17(22(15)8-9-24-3)25-10-14(23)19-16-18-12-6-4-5-7-13(12)26-16/h4-7,11H,8-10H2,1-3H3,(H,18,19,23). The van der Waals surface area contributed by atoms with Gasteiger partial charge in [-0.05, 0) is 12.1 Å². The van der Waals surface area contributed by atoms with Crippen LogP contribution in [0.3, 0.4) is 0 Å². The minimum absolute atomic E-state index is 0.110. The molecule has 0 bridgehead atoms. The lowest BCUT2D eigenvalue weighted by Gasteiger charge is -2.11. The second-order valence-corrected chi connectivity index (χ2v) is 7.94. The number of methoxy groups -OCH3 is 1. The van der Waals surface area contributed by atoms with Crippen LogP contribution in [0.2, 0.25) is 0 Å². The number of hydrogen-bond acceptors (Lipinski definition) is 7. The van der Waals surface area contributed by atoms with Crippen LogP contribution >= 0.6 is 23.1 Å². The van der Waals surface area contributed by atoms with E-state index in [2.05, 4.69) is 34.3 Å². The highest BCUT2D eigenvalue weighted by Crippen LogP contribution is 2.26. The summed E-state index contributed by atoms with van der Waals surface area (Å²) in [5.41, 5.74) is 0.890. The summed E-state index contributed by atoms with van der Waals surface area (Å²) in [6, 6.07) is 7.81. The second kappa shape index (κ2) is 8.61. The quantitative estimate of drug-likeness (QED) is 0.593. The van der Waals surface area contributed by atoms with Crippen LogP contribution in [0.15, 0.2) is 29.4 Å². The molecule has 1 N–H and O–H groups in total. The highest BCUT2D eigenvalue weighted by Gasteiger charge is 2.16. The number of fused-ring (bicyclic) bond motifs is 1. The SMILES string of the molecule is COCCn1c(SCC(=O)Nc2nc3ccccc3s2)nnc1C(C)C. The number of aromatic nitrogens is 4. The minimum atomic E-state index is -0.110. The van der Waals surface area contributed by atoms with Crippen LogP contribution in [-0.2, 0) is 16.1 Å². The largest absolute Gasteiger partial charge is 0.383 e. The molecule has 138 valence electrons. The average molecular weight is 392 g/mol. The lowest BCUT2D eigenvalue weighted by atomic mass is 10.2. The van der Waals surface area contributed by atoms with Gasteiger partial charge in [0.15, 0.2) is 10.3 Å². The summed E-state index contributed by atoms with van der Waals surface area (Å²) in [5, 5.41) is 12.7. The minimum Gasteiger partial charge on any atom is -0.383 e. The zero-order valence-corrected chi connectivity index (χ0v) is 16.6. The third-order valence-corrected chi connectivity index (χ3v) is 5.57. The van der Waals surface area contributed by atoms with Gasteiger partial charge < -0.3 is 14.6 Å². The highest BCUT2D eigenvalue weighted by molar-refractivity contribution is 7.99. The molecule has 0 saturated carbocycles. The molecule has 0 aliphatic rings. The van der Waals surface area contributed by atoms with Gasteiger partial charge in [0.25, 0.3) is 0 Å². The first-order valence-corrected chi connectivity index (χ1v) is 10.1. The monoisotopic (exact) mass is 391 g/mol. The lowest BCUT2D eigenvalue weighted by Crippen LogP contribution is -2.15. The smallest absolute Gasteiger partial charge is 0.236 e. The first-order chi connectivity index (χ1) is 12.6. The number of hydrogen-bond donors (Lipinski definition) is 1. The molecule has 0 fully saturated rings. The zero-order valence-electron chi connectivity index (χ0n) is 14.9. The Labute approximate surface area is 160 Å². The molecule has 0 radical (unpaired) electrons. The van der Waals surface area contributed by atoms with Crippen LogP contribution in [0.25, 0.3) is 10.2 Å². The maximum atomic E-state index is 12.3. The predicted molar refractivity (Wildman–Crippen MR) is 105 cm³/mol. The fourth-order valence-electron chi connectivity index (χ4n) is 2.44. The molecule has 1 aromatic carbocycles. The van der Waals surface area contributed by atoms with Crippen LogP contribution in [0, 0.1) is 0 Å². The fraction of sp³-hybridized carbons (Fsp3) is 0.412. The van der Waals surface area contributed by atoms with E-state index in [-0.39, 0.29) is 17.6 Å². The maximum absolute atomic E-state index is 12.3. The van der Waals surface area contributed by atoms with E-state index in [9.17, 15) is 4.79 Å². The number of benzene rings is 1. The molecule has 0 unspecified atom stereocenters. The molecule has 0 aliphatic heterocycles. The molecule has 26 heavy (non-hydrogen) atoms. The van der Waals surface area contributed by atoms with E-state index >= 15 is 0 Å². The van der Waals surface area contributed by atoms with Crippen molar-refractivity contribution in [1.29, 1.82) is 0 Å². The first kappa shape index (κ1) is 18.8. The van der Waals surface area contributed by atoms with E-state index in [0.29, 0.717) is 18.3 Å². The van der Waals surface area contributed by atoms with Crippen molar-refractivity contribution in [3.8, 4) is 0 Å². The van der Waals surface area contributed by atoms with E-state index < -0.39 is 0 Å². The molecule has 3 rings (SSSR count). The molecule has 0 atom stereocenters. The van der Waals surface area contributed by atoms with E-state index in [1.165, 1.54) is 23.1 Å². The van der Waals surface area contributed by atoms with E-state index in [0.717, 1.165) is 21.2 Å². The number of carbonyl (C=O) groups excluding carboxylic acids is 1. The van der Waals surface area contributed by atoms with Crippen molar-refractivity contribution >= 4 is 44.4 Å². The van der Waals surface area contributed by atoms with Crippen molar-refractivity contribution in [2.45, 2.75) is 31.5 Å². The number of nitrogens with one attached hydrogen (secondary N) is 1. The van der Waals surface area contributed by atoms with Gasteiger partial charge in [-0.15, -0.1) is 10.2 Å². The van der Waals surface area contributed by atoms with Gasteiger partial charge in [0.05, 0.1) is 22.6 Å². The number of anilines is 1. The van der Waals surface area contributed by atoms with Crippen LogP contribution in [0.5, 0.6) is 0 Å². The number of ether oxygens (including phenoxy) is 1. The average Bonchev–Trinajstić information content (AvgIpc) is 3.21. The van der Waals surface area contributed by atoms with Crippen LogP contribution in [-0.4, -0.2) is 45.1 Å². The topological polar surface area (TPSA) is 81.9 Å². The van der Waals surface area contributed by atoms with Crippen molar-refractivity contribution < 1.29 is 9.53 Å². The number of rotatable bonds is 8. The normalized spacial score (nSPS) is 11.4. The molecule has 9 heteroatoms. The Kier molecular flexibility index (Phi) is 6.23. The van der Waals surface area contributed by atoms with Crippen molar-refractivity contribution in [2.24, 2.45) is 0 Å². The van der Waals surface area contributed by atoms with Gasteiger partial charge >= 0.3 is 0 Å². The van der Waals surface area contributed by atoms with Gasteiger partial charge in [-0.1, -0.05) is 49.1 Å². The Hall–Kier alpha value is -1.97. The zero-order chi connectivity index (χ0) is 18.5. The van der Waals surface area contributed by atoms with Crippen LogP contribution in [0.4, 0.5) is 5.13 Å². The Morgan fingerprint density at radius 3 is 2.88 bits per heavy atom. The van der Waals surface area contributed by atoms with Crippen molar-refractivity contribution in [3.63, 3.8) is 0 Å². The number of thiazole rings is 1. The van der Waals surface area contributed by atoms with Gasteiger partial charge in [-0.2, -0.15) is 0 Å². The fourth-order valence-corrected chi connectivity index (χ4v) is 4.09. The highest BCUT2D eigenvalue weighted by atomic mass is 32.2. The summed E-state index contributed by atoms with van der Waals surface area (Å²) in [6.45, 7) is 5.38. The molecule has 0 aliphatic carbocycles. The molecule has 2 heterocycles. The van der Waals surface area contributed by atoms with Crippen molar-refractivity contribution in [3.05, 3.63) is 30.1 Å². The van der Waals surface area contributed by atoms with Crippen molar-refractivity contribution in [2.75, 3.05) is 24.8 Å². The first-order valence-electron chi connectivity index (χ1n) is 8.28. The number of carbonyl (C=O) groups is 1. The molecule has 7 nitrogen and oxygen atoms in total. The summed E-state index contributed by atoms with van der Waals surface area (Å²) >= 11 is 2.84. The lowest BCUT2D eigenvalue weighted by molar-refractivity contribution is -0.113. The van der Waals surface area contributed by atoms with Gasteiger partial charge in [0.2, 0.25) is 5.91 Å². The summed E-state index contributed by atoms with van der Waals surface area (Å²) in [7, 11) is 1.66. The summed E-state index contributed by atoms with van der Waals surface area (Å²) in [5.74, 6) is 1.29. The van der Waals surface area contributed by atoms with Crippen LogP contribution < -0.4 is 5.32 Å². The number of para-hydroxylation sites is 1. The third-order valence-electron chi connectivity index (χ3n) is 3.65. The molecule has 1 amide bonds. The van der Waals surface area contributed by atoms with Gasteiger partial charge in [0, 0.05) is 19.6 Å². The van der Waals surface area contributed by atoms with E-state index in [4.69, 9.17) is 4.74 Å². The van der Waals surface area contributed by atoms with E-state index in [1.807, 2.05) is 28.8 Å². The van der Waals surface area contributed by atoms with Gasteiger partial charge in [-0.3, -0.25) is 4.79 Å². The second-order valence-electron chi connectivity index (χ2n) is 5.96. The summed E-state index contributed by atoms with van der Waals surface area (Å²) in [4.78, 5) is 16.7. The molecule has 3 aromatic rings. The number of nitrogens with zero attached hydrogens (tertiary/aromatic N) is 4. The Balaban J connectivity index is 1.63. The molecule has 0 spiro atoms. The Morgan fingerprint density at radius 1 is 1.35 bits per heavy atom. The molecule has 2 aromatic heterocycles. The Morgan fingerprint density at radius 2 is 2.15 bits per heavy atom. The maximum Gasteiger partial charge on any atom is 0.236 e. The number of amides is 1. The predicted octanol–water partition coefficient (Wildman–Crippen LogP) is 3.39. The van der Waals surface area contributed by atoms with Gasteiger partial charge in [-0.25, -0.2) is 4.98 Å². The molecule has 0 saturated heterocycles. The van der Waals surface area contributed by atoms with Gasteiger partial charge in [0.1, 0.15) is 5.82 Å². The molecular formula is C17H21N5O2S2.